The van der Waals surface area contributed by atoms with Crippen LogP contribution in [-0.4, -0.2) is 43.3 Å². The third-order valence-corrected chi connectivity index (χ3v) is 6.44. The molecular formula is C33H27N3O7. The van der Waals surface area contributed by atoms with Gasteiger partial charge in [0.1, 0.15) is 17.2 Å². The summed E-state index contributed by atoms with van der Waals surface area (Å²) in [6.07, 6.45) is 1.39. The monoisotopic (exact) mass is 577 g/mol. The summed E-state index contributed by atoms with van der Waals surface area (Å²) in [5, 5.41) is 4.96. The van der Waals surface area contributed by atoms with Crippen LogP contribution in [0.4, 0.5) is 0 Å². The van der Waals surface area contributed by atoms with Gasteiger partial charge in [-0.1, -0.05) is 42.5 Å². The highest BCUT2D eigenvalue weighted by molar-refractivity contribution is 6.10. The first-order valence-electron chi connectivity index (χ1n) is 13.1. The SMILES string of the molecule is COc1ccc2[nH]c(C(=O)NN=Cc3ccccc3OC(=O)c3ccc(OC(C)=O)c(OC)c3)c(-c3ccccc3)c2c1. The molecule has 0 unspecified atom stereocenters. The number of benzene rings is 4. The molecular weight excluding hydrogens is 550 g/mol. The van der Waals surface area contributed by atoms with Crippen LogP contribution in [0.5, 0.6) is 23.0 Å². The van der Waals surface area contributed by atoms with Crippen LogP contribution in [0.2, 0.25) is 0 Å². The van der Waals surface area contributed by atoms with Gasteiger partial charge in [-0.05, 0) is 54.1 Å². The van der Waals surface area contributed by atoms with Gasteiger partial charge >= 0.3 is 11.9 Å². The van der Waals surface area contributed by atoms with Crippen molar-refractivity contribution in [3.63, 3.8) is 0 Å². The van der Waals surface area contributed by atoms with Crippen molar-refractivity contribution in [2.75, 3.05) is 14.2 Å². The first-order chi connectivity index (χ1) is 20.9. The molecule has 1 amide bonds. The Balaban J connectivity index is 1.36. The number of hydrogen-bond donors (Lipinski definition) is 2. The highest BCUT2D eigenvalue weighted by Crippen LogP contribution is 2.35. The Labute approximate surface area is 246 Å². The van der Waals surface area contributed by atoms with Gasteiger partial charge in [0.2, 0.25) is 0 Å². The number of H-pyrrole nitrogens is 1. The fraction of sp³-hybridized carbons (Fsp3) is 0.0909. The fourth-order valence-electron chi connectivity index (χ4n) is 4.46. The van der Waals surface area contributed by atoms with Crippen LogP contribution in [0.3, 0.4) is 0 Å². The molecule has 5 aromatic rings. The number of carbonyl (C=O) groups excluding carboxylic acids is 3. The van der Waals surface area contributed by atoms with E-state index in [0.29, 0.717) is 22.6 Å². The molecule has 10 nitrogen and oxygen atoms in total. The lowest BCUT2D eigenvalue weighted by Gasteiger charge is -2.11. The van der Waals surface area contributed by atoms with Gasteiger partial charge in [0, 0.05) is 29.0 Å². The lowest BCUT2D eigenvalue weighted by atomic mass is 10.0. The number of methoxy groups -OCH3 is 2. The van der Waals surface area contributed by atoms with E-state index in [1.54, 1.807) is 31.4 Å². The lowest BCUT2D eigenvalue weighted by Crippen LogP contribution is -2.19. The summed E-state index contributed by atoms with van der Waals surface area (Å²) in [5.74, 6) is -0.380. The average molecular weight is 578 g/mol. The number of esters is 2. The molecule has 0 aliphatic carbocycles. The van der Waals surface area contributed by atoms with Crippen LogP contribution >= 0.6 is 0 Å². The van der Waals surface area contributed by atoms with E-state index in [-0.39, 0.29) is 22.8 Å². The third-order valence-electron chi connectivity index (χ3n) is 6.44. The van der Waals surface area contributed by atoms with Gasteiger partial charge in [-0.25, -0.2) is 10.2 Å². The molecule has 0 spiro atoms. The van der Waals surface area contributed by atoms with Crippen LogP contribution in [0.15, 0.2) is 96.1 Å². The van der Waals surface area contributed by atoms with Crippen LogP contribution in [0, 0.1) is 0 Å². The molecule has 1 heterocycles. The van der Waals surface area contributed by atoms with Crippen molar-refractivity contribution in [2.24, 2.45) is 5.10 Å². The first-order valence-corrected chi connectivity index (χ1v) is 13.1. The molecule has 4 aromatic carbocycles. The van der Waals surface area contributed by atoms with E-state index in [9.17, 15) is 14.4 Å². The molecule has 43 heavy (non-hydrogen) atoms. The Morgan fingerprint density at radius 2 is 1.56 bits per heavy atom. The molecule has 10 heteroatoms. The lowest BCUT2D eigenvalue weighted by molar-refractivity contribution is -0.132. The number of aromatic amines is 1. The van der Waals surface area contributed by atoms with Crippen molar-refractivity contribution in [1.82, 2.24) is 10.4 Å². The number of carbonyl (C=O) groups is 3. The van der Waals surface area contributed by atoms with Crippen molar-refractivity contribution in [2.45, 2.75) is 6.92 Å². The van der Waals surface area contributed by atoms with Gasteiger partial charge in [0.25, 0.3) is 5.91 Å². The summed E-state index contributed by atoms with van der Waals surface area (Å²) in [7, 11) is 2.98. The molecule has 2 N–H and O–H groups in total. The molecule has 0 saturated carbocycles. The van der Waals surface area contributed by atoms with Gasteiger partial charge < -0.3 is 23.9 Å². The van der Waals surface area contributed by atoms with Crippen molar-refractivity contribution < 1.29 is 33.3 Å². The maximum absolute atomic E-state index is 13.3. The minimum atomic E-state index is -0.668. The average Bonchev–Trinajstić information content (AvgIpc) is 3.41. The first kappa shape index (κ1) is 28.6. The zero-order valence-electron chi connectivity index (χ0n) is 23.5. The molecule has 0 fully saturated rings. The number of rotatable bonds is 9. The van der Waals surface area contributed by atoms with Gasteiger partial charge in [-0.2, -0.15) is 5.10 Å². The van der Waals surface area contributed by atoms with Gasteiger partial charge in [0.05, 0.1) is 26.0 Å². The number of amides is 1. The Kier molecular flexibility index (Phi) is 8.48. The number of hydrogen-bond acceptors (Lipinski definition) is 8. The minimum Gasteiger partial charge on any atom is -0.497 e. The standard InChI is InChI=1S/C33H27N3O7/c1-20(37)42-28-16-13-22(17-29(28)41-3)33(39)43-27-12-8-7-11-23(27)19-34-36-32(38)31-30(21-9-5-4-6-10-21)25-18-24(40-2)14-15-26(25)35-31/h4-19,35H,1-3H3,(H,36,38). The Morgan fingerprint density at radius 3 is 2.30 bits per heavy atom. The maximum Gasteiger partial charge on any atom is 0.343 e. The van der Waals surface area contributed by atoms with Crippen molar-refractivity contribution in [3.8, 4) is 34.1 Å². The second-order valence-electron chi connectivity index (χ2n) is 9.24. The molecule has 0 aliphatic rings. The van der Waals surface area contributed by atoms with E-state index < -0.39 is 17.8 Å². The predicted octanol–water partition coefficient (Wildman–Crippen LogP) is 5.76. The van der Waals surface area contributed by atoms with Gasteiger partial charge in [0.15, 0.2) is 11.5 Å². The number of aromatic nitrogens is 1. The fourth-order valence-corrected chi connectivity index (χ4v) is 4.46. The normalized spacial score (nSPS) is 10.9. The number of hydrazone groups is 1. The summed E-state index contributed by atoms with van der Waals surface area (Å²) in [4.78, 5) is 40.8. The highest BCUT2D eigenvalue weighted by Gasteiger charge is 2.20. The summed E-state index contributed by atoms with van der Waals surface area (Å²) < 4.78 is 21.3. The maximum atomic E-state index is 13.3. The van der Waals surface area contributed by atoms with Crippen LogP contribution in [0.25, 0.3) is 22.0 Å². The molecule has 0 bridgehead atoms. The number of nitrogens with one attached hydrogen (secondary N) is 2. The Morgan fingerprint density at radius 1 is 0.791 bits per heavy atom. The van der Waals surface area contributed by atoms with Crippen molar-refractivity contribution >= 4 is 35.0 Å². The zero-order chi connectivity index (χ0) is 30.3. The quantitative estimate of drug-likeness (QED) is 0.0986. The molecule has 1 aromatic heterocycles. The molecule has 0 radical (unpaired) electrons. The number of fused-ring (bicyclic) bond motifs is 1. The summed E-state index contributed by atoms with van der Waals surface area (Å²) >= 11 is 0. The zero-order valence-corrected chi connectivity index (χ0v) is 23.5. The topological polar surface area (TPSA) is 128 Å². The molecule has 0 saturated heterocycles. The van der Waals surface area contributed by atoms with E-state index in [0.717, 1.165) is 16.5 Å². The second kappa shape index (κ2) is 12.7. The van der Waals surface area contributed by atoms with Crippen molar-refractivity contribution in [1.29, 1.82) is 0 Å². The summed E-state index contributed by atoms with van der Waals surface area (Å²) in [6.45, 7) is 1.27. The minimum absolute atomic E-state index is 0.177. The van der Waals surface area contributed by atoms with Crippen LogP contribution in [0.1, 0.15) is 33.3 Å². The Hall–Kier alpha value is -5.90. The molecule has 216 valence electrons. The Bertz CT molecular complexity index is 1840. The van der Waals surface area contributed by atoms with E-state index in [4.69, 9.17) is 18.9 Å². The van der Waals surface area contributed by atoms with Crippen LogP contribution in [-0.2, 0) is 4.79 Å². The van der Waals surface area contributed by atoms with E-state index in [1.807, 2.05) is 48.5 Å². The predicted molar refractivity (Wildman–Crippen MR) is 161 cm³/mol. The second-order valence-corrected chi connectivity index (χ2v) is 9.24. The summed E-state index contributed by atoms with van der Waals surface area (Å²) in [5.41, 5.74) is 5.86. The smallest absolute Gasteiger partial charge is 0.343 e. The number of ether oxygens (including phenoxy) is 4. The molecule has 0 atom stereocenters. The number of nitrogens with zero attached hydrogens (tertiary/aromatic N) is 1. The van der Waals surface area contributed by atoms with E-state index in [2.05, 4.69) is 15.5 Å². The molecule has 5 rings (SSSR count). The van der Waals surface area contributed by atoms with E-state index in [1.165, 1.54) is 38.4 Å². The van der Waals surface area contributed by atoms with Gasteiger partial charge in [-0.3, -0.25) is 9.59 Å². The van der Waals surface area contributed by atoms with Crippen molar-refractivity contribution in [3.05, 3.63) is 108 Å². The third kappa shape index (κ3) is 6.38. The summed E-state index contributed by atoms with van der Waals surface area (Å²) in [6, 6.07) is 26.1. The number of para-hydroxylation sites is 1. The van der Waals surface area contributed by atoms with E-state index >= 15 is 0 Å². The van der Waals surface area contributed by atoms with Gasteiger partial charge in [-0.15, -0.1) is 0 Å². The largest absolute Gasteiger partial charge is 0.497 e. The van der Waals surface area contributed by atoms with Crippen LogP contribution < -0.4 is 24.4 Å². The molecule has 0 aliphatic heterocycles. The highest BCUT2D eigenvalue weighted by atomic mass is 16.6.